The fraction of sp³-hybridized carbons (Fsp3) is 0.0500. The van der Waals surface area contributed by atoms with Gasteiger partial charge in [-0.1, -0.05) is 48.0 Å². The number of halogens is 1. The van der Waals surface area contributed by atoms with Gasteiger partial charge in [-0.2, -0.15) is 0 Å². The van der Waals surface area contributed by atoms with Crippen LogP contribution in [-0.2, 0) is 6.61 Å². The largest absolute Gasteiger partial charge is 0.392 e. The molecule has 0 atom stereocenters. The molecule has 2 aromatic heterocycles. The molecule has 4 aromatic rings. The summed E-state index contributed by atoms with van der Waals surface area (Å²) in [5.41, 5.74) is 5.96. The maximum Gasteiger partial charge on any atom is 0.0709 e. The highest BCUT2D eigenvalue weighted by atomic mass is 35.5. The van der Waals surface area contributed by atoms with Gasteiger partial charge in [0.1, 0.15) is 0 Å². The van der Waals surface area contributed by atoms with Crippen LogP contribution in [0.2, 0.25) is 5.02 Å². The lowest BCUT2D eigenvalue weighted by molar-refractivity contribution is 0.282. The van der Waals surface area contributed by atoms with Crippen molar-refractivity contribution in [1.29, 1.82) is 0 Å². The maximum absolute atomic E-state index is 9.14. The number of H-pyrrole nitrogens is 1. The summed E-state index contributed by atoms with van der Waals surface area (Å²) in [6, 6.07) is 19.7. The van der Waals surface area contributed by atoms with Gasteiger partial charge < -0.3 is 10.1 Å². The van der Waals surface area contributed by atoms with Crippen LogP contribution in [0.3, 0.4) is 0 Å². The second-order valence-electron chi connectivity index (χ2n) is 5.70. The second-order valence-corrected chi connectivity index (χ2v) is 6.14. The molecule has 4 rings (SSSR count). The average molecular weight is 335 g/mol. The molecular formula is C20H15ClN2O. The van der Waals surface area contributed by atoms with Gasteiger partial charge in [0.05, 0.1) is 24.0 Å². The molecule has 0 unspecified atom stereocenters. The molecule has 24 heavy (non-hydrogen) atoms. The van der Waals surface area contributed by atoms with E-state index in [0.717, 1.165) is 44.0 Å². The number of aromatic amines is 1. The van der Waals surface area contributed by atoms with E-state index in [4.69, 9.17) is 16.7 Å². The summed E-state index contributed by atoms with van der Waals surface area (Å²) < 4.78 is 0. The number of pyridine rings is 1. The molecule has 0 amide bonds. The summed E-state index contributed by atoms with van der Waals surface area (Å²) >= 11 is 5.95. The lowest BCUT2D eigenvalue weighted by Gasteiger charge is -2.02. The Morgan fingerprint density at radius 2 is 1.62 bits per heavy atom. The first-order valence-electron chi connectivity index (χ1n) is 7.68. The highest BCUT2D eigenvalue weighted by Gasteiger charge is 2.06. The maximum atomic E-state index is 9.14. The molecule has 0 radical (unpaired) electrons. The van der Waals surface area contributed by atoms with Crippen LogP contribution in [0.25, 0.3) is 33.4 Å². The molecule has 0 saturated heterocycles. The molecule has 0 aliphatic rings. The van der Waals surface area contributed by atoms with Crippen molar-refractivity contribution in [3.05, 3.63) is 77.4 Å². The molecule has 3 nitrogen and oxygen atoms in total. The van der Waals surface area contributed by atoms with E-state index in [1.54, 1.807) is 0 Å². The number of nitrogens with zero attached hydrogens (tertiary/aromatic N) is 1. The van der Waals surface area contributed by atoms with Crippen LogP contribution in [-0.4, -0.2) is 15.1 Å². The summed E-state index contributed by atoms with van der Waals surface area (Å²) in [4.78, 5) is 7.93. The zero-order valence-electron chi connectivity index (χ0n) is 12.8. The van der Waals surface area contributed by atoms with Gasteiger partial charge in [-0.05, 0) is 35.4 Å². The van der Waals surface area contributed by atoms with Crippen molar-refractivity contribution in [2.24, 2.45) is 0 Å². The lowest BCUT2D eigenvalue weighted by atomic mass is 10.1. The van der Waals surface area contributed by atoms with Gasteiger partial charge in [-0.15, -0.1) is 0 Å². The van der Waals surface area contributed by atoms with Crippen LogP contribution in [0.15, 0.2) is 66.9 Å². The number of rotatable bonds is 3. The zero-order chi connectivity index (χ0) is 16.5. The van der Waals surface area contributed by atoms with Crippen LogP contribution in [0.4, 0.5) is 0 Å². The quantitative estimate of drug-likeness (QED) is 0.551. The monoisotopic (exact) mass is 334 g/mol. The van der Waals surface area contributed by atoms with E-state index < -0.39 is 0 Å². The van der Waals surface area contributed by atoms with Crippen LogP contribution in [0, 0.1) is 0 Å². The Balaban J connectivity index is 1.73. The Bertz CT molecular complexity index is 989. The minimum absolute atomic E-state index is 0.0506. The zero-order valence-corrected chi connectivity index (χ0v) is 13.6. The number of hydrogen-bond donors (Lipinski definition) is 2. The Hall–Kier alpha value is -2.62. The lowest BCUT2D eigenvalue weighted by Crippen LogP contribution is -1.85. The predicted molar refractivity (Wildman–Crippen MR) is 97.9 cm³/mol. The van der Waals surface area contributed by atoms with E-state index in [-0.39, 0.29) is 6.61 Å². The van der Waals surface area contributed by atoms with Crippen molar-refractivity contribution < 1.29 is 5.11 Å². The molecule has 0 spiro atoms. The van der Waals surface area contributed by atoms with Gasteiger partial charge in [0.2, 0.25) is 0 Å². The molecule has 2 N–H and O–H groups in total. The number of benzene rings is 2. The minimum Gasteiger partial charge on any atom is -0.392 e. The molecule has 2 heterocycles. The number of aliphatic hydroxyl groups excluding tert-OH is 1. The molecule has 0 aliphatic carbocycles. The molecule has 0 aliphatic heterocycles. The van der Waals surface area contributed by atoms with E-state index in [0.29, 0.717) is 0 Å². The van der Waals surface area contributed by atoms with Gasteiger partial charge in [-0.3, -0.25) is 4.98 Å². The summed E-state index contributed by atoms with van der Waals surface area (Å²) in [5.74, 6) is 0. The van der Waals surface area contributed by atoms with E-state index >= 15 is 0 Å². The first kappa shape index (κ1) is 14.9. The van der Waals surface area contributed by atoms with E-state index in [1.165, 1.54) is 0 Å². The first-order chi connectivity index (χ1) is 11.7. The van der Waals surface area contributed by atoms with Crippen molar-refractivity contribution in [3.63, 3.8) is 0 Å². The second kappa shape index (κ2) is 6.11. The molecule has 2 aromatic carbocycles. The summed E-state index contributed by atoms with van der Waals surface area (Å²) in [5, 5.41) is 11.0. The van der Waals surface area contributed by atoms with Crippen molar-refractivity contribution in [2.75, 3.05) is 0 Å². The van der Waals surface area contributed by atoms with E-state index in [1.807, 2.05) is 54.7 Å². The van der Waals surface area contributed by atoms with Crippen LogP contribution >= 0.6 is 11.6 Å². The van der Waals surface area contributed by atoms with Crippen molar-refractivity contribution in [1.82, 2.24) is 9.97 Å². The highest BCUT2D eigenvalue weighted by molar-refractivity contribution is 6.30. The van der Waals surface area contributed by atoms with Crippen LogP contribution in [0.1, 0.15) is 5.56 Å². The minimum atomic E-state index is 0.0506. The normalized spacial score (nSPS) is 11.1. The van der Waals surface area contributed by atoms with Crippen molar-refractivity contribution in [3.8, 4) is 22.5 Å². The van der Waals surface area contributed by atoms with E-state index in [2.05, 4.69) is 22.1 Å². The third-order valence-corrected chi connectivity index (χ3v) is 4.34. The molecule has 0 saturated carbocycles. The number of aliphatic hydroxyl groups is 1. The van der Waals surface area contributed by atoms with Crippen molar-refractivity contribution in [2.45, 2.75) is 6.61 Å². The smallest absolute Gasteiger partial charge is 0.0709 e. The molecule has 4 heteroatoms. The number of aromatic nitrogens is 2. The number of hydrogen-bond acceptors (Lipinski definition) is 2. The highest BCUT2D eigenvalue weighted by Crippen LogP contribution is 2.27. The third kappa shape index (κ3) is 2.80. The van der Waals surface area contributed by atoms with Gasteiger partial charge in [0, 0.05) is 21.7 Å². The van der Waals surface area contributed by atoms with Gasteiger partial charge in [-0.25, -0.2) is 0 Å². The van der Waals surface area contributed by atoms with Crippen LogP contribution < -0.4 is 0 Å². The standard InChI is InChI=1S/C20H15ClN2O/c21-17-7-5-15(6-8-17)19-10-16-9-18(22-11-20(16)23-19)14-3-1-13(12-24)2-4-14/h1-11,23-24H,12H2. The average Bonchev–Trinajstić information content (AvgIpc) is 3.05. The summed E-state index contributed by atoms with van der Waals surface area (Å²) in [6.45, 7) is 0.0506. The number of nitrogens with one attached hydrogen (secondary N) is 1. The van der Waals surface area contributed by atoms with Gasteiger partial charge in [0.15, 0.2) is 0 Å². The molecule has 0 bridgehead atoms. The third-order valence-electron chi connectivity index (χ3n) is 4.09. The van der Waals surface area contributed by atoms with E-state index in [9.17, 15) is 0 Å². The topological polar surface area (TPSA) is 48.9 Å². The molecule has 118 valence electrons. The molecular weight excluding hydrogens is 320 g/mol. The Morgan fingerprint density at radius 1 is 0.917 bits per heavy atom. The van der Waals surface area contributed by atoms with Gasteiger partial charge in [0.25, 0.3) is 0 Å². The first-order valence-corrected chi connectivity index (χ1v) is 8.05. The SMILES string of the molecule is OCc1ccc(-c2cc3cc(-c4ccc(Cl)cc4)[nH]c3cn2)cc1. The van der Waals surface area contributed by atoms with Crippen LogP contribution in [0.5, 0.6) is 0 Å². The Morgan fingerprint density at radius 3 is 2.33 bits per heavy atom. The predicted octanol–water partition coefficient (Wildman–Crippen LogP) is 5.04. The fourth-order valence-corrected chi connectivity index (χ4v) is 2.88. The van der Waals surface area contributed by atoms with Crippen molar-refractivity contribution >= 4 is 22.5 Å². The number of fused-ring (bicyclic) bond motifs is 1. The summed E-state index contributed by atoms with van der Waals surface area (Å²) in [7, 11) is 0. The summed E-state index contributed by atoms with van der Waals surface area (Å²) in [6.07, 6.45) is 1.85. The molecule has 0 fully saturated rings. The Kier molecular flexibility index (Phi) is 3.81. The Labute approximate surface area is 144 Å². The fourth-order valence-electron chi connectivity index (χ4n) is 2.76. The van der Waals surface area contributed by atoms with Gasteiger partial charge >= 0.3 is 0 Å².